The van der Waals surface area contributed by atoms with Crippen LogP contribution in [0.5, 0.6) is 0 Å². The lowest BCUT2D eigenvalue weighted by Gasteiger charge is -2.24. The summed E-state index contributed by atoms with van der Waals surface area (Å²) in [6, 6.07) is 12.3. The third-order valence-corrected chi connectivity index (χ3v) is 5.23. The molecule has 0 spiro atoms. The number of carbonyl (C=O) groups is 1. The summed E-state index contributed by atoms with van der Waals surface area (Å²) in [5, 5.41) is 3.75. The van der Waals surface area contributed by atoms with Gasteiger partial charge in [-0.2, -0.15) is 0 Å². The van der Waals surface area contributed by atoms with Crippen molar-refractivity contribution in [1.29, 1.82) is 0 Å². The fourth-order valence-electron chi connectivity index (χ4n) is 3.63. The Morgan fingerprint density at radius 3 is 2.33 bits per heavy atom. The summed E-state index contributed by atoms with van der Waals surface area (Å²) in [6.07, 6.45) is 0. The van der Waals surface area contributed by atoms with Gasteiger partial charge in [0, 0.05) is 30.6 Å². The van der Waals surface area contributed by atoms with Crippen LogP contribution in [0.1, 0.15) is 42.3 Å². The van der Waals surface area contributed by atoms with Crippen LogP contribution in [-0.2, 0) is 13.1 Å². The summed E-state index contributed by atoms with van der Waals surface area (Å²) in [6.45, 7) is 7.72. The predicted molar refractivity (Wildman–Crippen MR) is 118 cm³/mol. The molecule has 30 heavy (non-hydrogen) atoms. The number of amides is 2. The fourth-order valence-corrected chi connectivity index (χ4v) is 3.63. The minimum atomic E-state index is -0.329. The molecule has 1 N–H and O–H groups in total. The van der Waals surface area contributed by atoms with Crippen LogP contribution in [0.15, 0.2) is 46.9 Å². The van der Waals surface area contributed by atoms with Gasteiger partial charge in [-0.15, -0.1) is 0 Å². The first-order chi connectivity index (χ1) is 14.3. The van der Waals surface area contributed by atoms with E-state index < -0.39 is 0 Å². The molecule has 1 unspecified atom stereocenters. The van der Waals surface area contributed by atoms with Crippen molar-refractivity contribution in [2.75, 3.05) is 20.6 Å². The number of urea groups is 1. The highest BCUT2D eigenvalue weighted by Gasteiger charge is 2.21. The van der Waals surface area contributed by atoms with Gasteiger partial charge in [-0.1, -0.05) is 24.3 Å². The van der Waals surface area contributed by atoms with E-state index in [2.05, 4.69) is 34.5 Å². The van der Waals surface area contributed by atoms with E-state index in [0.717, 1.165) is 23.1 Å². The first kappa shape index (κ1) is 21.8. The number of nitrogens with one attached hydrogen (secondary N) is 1. The molecule has 2 aromatic carbocycles. The molecule has 6 heteroatoms. The normalized spacial score (nSPS) is 12.4. The maximum absolute atomic E-state index is 13.6. The van der Waals surface area contributed by atoms with Gasteiger partial charge in [0.15, 0.2) is 0 Å². The van der Waals surface area contributed by atoms with E-state index in [1.165, 1.54) is 17.7 Å². The lowest BCUT2D eigenvalue weighted by atomic mass is 10.1. The molecule has 0 fully saturated rings. The average molecular weight is 412 g/mol. The Bertz CT molecular complexity index is 1010. The van der Waals surface area contributed by atoms with E-state index in [1.54, 1.807) is 11.0 Å². The van der Waals surface area contributed by atoms with Crippen LogP contribution < -0.4 is 5.32 Å². The van der Waals surface area contributed by atoms with Crippen molar-refractivity contribution in [3.63, 3.8) is 0 Å². The third-order valence-electron chi connectivity index (χ3n) is 5.23. The van der Waals surface area contributed by atoms with Crippen molar-refractivity contribution >= 4 is 17.0 Å². The number of carbonyl (C=O) groups excluding carboxylic acids is 1. The number of rotatable bonds is 7. The van der Waals surface area contributed by atoms with Gasteiger partial charge in [0.25, 0.3) is 0 Å². The summed E-state index contributed by atoms with van der Waals surface area (Å²) in [4.78, 5) is 16.7. The van der Waals surface area contributed by atoms with E-state index in [4.69, 9.17) is 4.42 Å². The minimum absolute atomic E-state index is 0.159. The predicted octanol–water partition coefficient (Wildman–Crippen LogP) is 5.23. The molecule has 3 rings (SSSR count). The molecule has 3 aromatic rings. The average Bonchev–Trinajstić information content (AvgIpc) is 3.03. The molecule has 5 nitrogen and oxygen atoms in total. The Kier molecular flexibility index (Phi) is 6.77. The topological polar surface area (TPSA) is 48.7 Å². The smallest absolute Gasteiger partial charge is 0.318 e. The number of nitrogens with zero attached hydrogens (tertiary/aromatic N) is 2. The molecule has 1 heterocycles. The molecule has 160 valence electrons. The highest BCUT2D eigenvalue weighted by Crippen LogP contribution is 2.30. The maximum Gasteiger partial charge on any atom is 0.318 e. The van der Waals surface area contributed by atoms with Crippen molar-refractivity contribution in [2.45, 2.75) is 39.9 Å². The zero-order valence-electron chi connectivity index (χ0n) is 18.3. The lowest BCUT2D eigenvalue weighted by Crippen LogP contribution is -2.40. The van der Waals surface area contributed by atoms with Gasteiger partial charge in [0.05, 0.1) is 6.04 Å². The van der Waals surface area contributed by atoms with Gasteiger partial charge in [0.1, 0.15) is 17.2 Å². The summed E-state index contributed by atoms with van der Waals surface area (Å²) in [5.74, 6) is 0.344. The number of aryl methyl sites for hydroxylation is 1. The Hall–Kier alpha value is -2.86. The van der Waals surface area contributed by atoms with Crippen LogP contribution in [0.25, 0.3) is 11.0 Å². The Morgan fingerprint density at radius 2 is 1.73 bits per heavy atom. The van der Waals surface area contributed by atoms with Crippen LogP contribution in [0.4, 0.5) is 9.18 Å². The van der Waals surface area contributed by atoms with Crippen molar-refractivity contribution in [3.05, 3.63) is 70.7 Å². The molecule has 2 amide bonds. The third kappa shape index (κ3) is 5.00. The number of halogens is 1. The first-order valence-electron chi connectivity index (χ1n) is 10.2. The zero-order chi connectivity index (χ0) is 21.8. The molecular weight excluding hydrogens is 381 g/mol. The van der Waals surface area contributed by atoms with Crippen molar-refractivity contribution in [1.82, 2.24) is 15.1 Å². The first-order valence-corrected chi connectivity index (χ1v) is 10.2. The lowest BCUT2D eigenvalue weighted by molar-refractivity contribution is 0.193. The van der Waals surface area contributed by atoms with E-state index in [-0.39, 0.29) is 17.9 Å². The molecule has 0 aliphatic heterocycles. The number of hydrogen-bond acceptors (Lipinski definition) is 3. The van der Waals surface area contributed by atoms with Crippen molar-refractivity contribution < 1.29 is 13.6 Å². The molecule has 1 aromatic heterocycles. The quantitative estimate of drug-likeness (QED) is 0.579. The summed E-state index contributed by atoms with van der Waals surface area (Å²) in [5.41, 5.74) is 3.78. The van der Waals surface area contributed by atoms with Gasteiger partial charge in [-0.25, -0.2) is 9.18 Å². The second kappa shape index (κ2) is 9.30. The Morgan fingerprint density at radius 1 is 1.10 bits per heavy atom. The molecule has 0 aliphatic carbocycles. The SMILES string of the molecule is CCN(Cc1ccc(CN(C)C)cc1)C(=O)NC(C)c1oc2ccc(F)cc2c1C. The second-order valence-corrected chi connectivity index (χ2v) is 7.97. The van der Waals surface area contributed by atoms with Crippen LogP contribution >= 0.6 is 0 Å². The fraction of sp³-hybridized carbons (Fsp3) is 0.375. The van der Waals surface area contributed by atoms with Crippen molar-refractivity contribution in [2.24, 2.45) is 0 Å². The molecule has 1 atom stereocenters. The van der Waals surface area contributed by atoms with Crippen LogP contribution in [0, 0.1) is 12.7 Å². The zero-order valence-corrected chi connectivity index (χ0v) is 18.3. The molecule has 0 aliphatic rings. The van der Waals surface area contributed by atoms with Crippen LogP contribution in [-0.4, -0.2) is 36.5 Å². The second-order valence-electron chi connectivity index (χ2n) is 7.97. The van der Waals surface area contributed by atoms with E-state index in [0.29, 0.717) is 24.4 Å². The number of fused-ring (bicyclic) bond motifs is 1. The summed E-state index contributed by atoms with van der Waals surface area (Å²) >= 11 is 0. The maximum atomic E-state index is 13.6. The minimum Gasteiger partial charge on any atom is -0.459 e. The van der Waals surface area contributed by atoms with Gasteiger partial charge >= 0.3 is 6.03 Å². The van der Waals surface area contributed by atoms with E-state index >= 15 is 0 Å². The largest absolute Gasteiger partial charge is 0.459 e. The molecular formula is C24H30FN3O2. The van der Waals surface area contributed by atoms with Crippen LogP contribution in [0.3, 0.4) is 0 Å². The number of benzene rings is 2. The van der Waals surface area contributed by atoms with Gasteiger partial charge in [0.2, 0.25) is 0 Å². The van der Waals surface area contributed by atoms with E-state index in [1.807, 2.05) is 34.9 Å². The number of furan rings is 1. The van der Waals surface area contributed by atoms with Crippen LogP contribution in [0.2, 0.25) is 0 Å². The number of hydrogen-bond donors (Lipinski definition) is 1. The van der Waals surface area contributed by atoms with E-state index in [9.17, 15) is 9.18 Å². The Labute approximate surface area is 177 Å². The molecule has 0 bridgehead atoms. The van der Waals surface area contributed by atoms with Gasteiger partial charge in [-0.05, 0) is 64.2 Å². The van der Waals surface area contributed by atoms with Gasteiger partial charge < -0.3 is 19.5 Å². The monoisotopic (exact) mass is 411 g/mol. The molecule has 0 saturated heterocycles. The van der Waals surface area contributed by atoms with Crippen molar-refractivity contribution in [3.8, 4) is 0 Å². The van der Waals surface area contributed by atoms with Gasteiger partial charge in [-0.3, -0.25) is 0 Å². The Balaban J connectivity index is 1.68. The molecule has 0 radical (unpaired) electrons. The molecule has 0 saturated carbocycles. The summed E-state index contributed by atoms with van der Waals surface area (Å²) < 4.78 is 19.5. The highest BCUT2D eigenvalue weighted by atomic mass is 19.1. The highest BCUT2D eigenvalue weighted by molar-refractivity contribution is 5.82. The standard InChI is InChI=1S/C24H30FN3O2/c1-6-28(15-19-9-7-18(8-10-19)14-27(4)5)24(29)26-17(3)23-16(2)21-13-20(25)11-12-22(21)30-23/h7-13,17H,6,14-15H2,1-5H3,(H,26,29). The summed E-state index contributed by atoms with van der Waals surface area (Å²) in [7, 11) is 4.08.